The monoisotopic (exact) mass is 412 g/mol. The molecule has 0 atom stereocenters. The maximum atomic E-state index is 12.8. The number of aromatic nitrogens is 3. The van der Waals surface area contributed by atoms with Gasteiger partial charge in [0.05, 0.1) is 23.2 Å². The molecule has 0 aliphatic heterocycles. The minimum atomic E-state index is -0.714. The third-order valence-corrected chi connectivity index (χ3v) is 5.13. The highest BCUT2D eigenvalue weighted by Crippen LogP contribution is 2.22. The van der Waals surface area contributed by atoms with Crippen LogP contribution in [-0.4, -0.2) is 39.1 Å². The van der Waals surface area contributed by atoms with Crippen molar-refractivity contribution in [2.75, 3.05) is 13.2 Å². The molecule has 0 saturated heterocycles. The minimum Gasteiger partial charge on any atom is -0.461 e. The number of amides is 1. The third kappa shape index (κ3) is 3.66. The van der Waals surface area contributed by atoms with Gasteiger partial charge in [-0.15, -0.1) is 0 Å². The smallest absolute Gasteiger partial charge is 0.355 e. The normalized spacial score (nSPS) is 10.9. The number of para-hydroxylation sites is 2. The van der Waals surface area contributed by atoms with E-state index in [4.69, 9.17) is 4.74 Å². The molecule has 3 rings (SSSR count). The zero-order valence-electron chi connectivity index (χ0n) is 17.4. The van der Waals surface area contributed by atoms with Crippen molar-refractivity contribution in [1.29, 1.82) is 0 Å². The molecule has 0 fully saturated rings. The first-order chi connectivity index (χ1) is 14.3. The molecule has 9 heteroatoms. The van der Waals surface area contributed by atoms with E-state index in [1.165, 1.54) is 4.57 Å². The molecule has 1 aromatic carbocycles. The van der Waals surface area contributed by atoms with Crippen molar-refractivity contribution in [2.45, 2.75) is 27.3 Å². The Morgan fingerprint density at radius 3 is 2.57 bits per heavy atom. The van der Waals surface area contributed by atoms with Crippen LogP contribution in [0.5, 0.6) is 0 Å². The maximum Gasteiger partial charge on any atom is 0.355 e. The van der Waals surface area contributed by atoms with Gasteiger partial charge in [0.15, 0.2) is 0 Å². The van der Waals surface area contributed by atoms with Gasteiger partial charge < -0.3 is 24.2 Å². The van der Waals surface area contributed by atoms with E-state index in [1.807, 2.05) is 0 Å². The van der Waals surface area contributed by atoms with Crippen LogP contribution in [0, 0.1) is 13.8 Å². The fourth-order valence-corrected chi connectivity index (χ4v) is 3.61. The summed E-state index contributed by atoms with van der Waals surface area (Å²) in [6, 6.07) is 6.96. The molecule has 30 heavy (non-hydrogen) atoms. The zero-order valence-corrected chi connectivity index (χ0v) is 17.4. The van der Waals surface area contributed by atoms with Crippen molar-refractivity contribution in [3.63, 3.8) is 0 Å². The van der Waals surface area contributed by atoms with Crippen LogP contribution in [0.4, 0.5) is 0 Å². The van der Waals surface area contributed by atoms with Crippen LogP contribution in [0.25, 0.3) is 11.0 Å². The van der Waals surface area contributed by atoms with E-state index in [9.17, 15) is 19.2 Å². The Morgan fingerprint density at radius 1 is 1.17 bits per heavy atom. The Morgan fingerprint density at radius 2 is 1.87 bits per heavy atom. The van der Waals surface area contributed by atoms with Gasteiger partial charge in [-0.3, -0.25) is 14.4 Å². The van der Waals surface area contributed by atoms with E-state index in [0.29, 0.717) is 33.5 Å². The van der Waals surface area contributed by atoms with E-state index in [-0.39, 0.29) is 25.6 Å². The summed E-state index contributed by atoms with van der Waals surface area (Å²) in [5.41, 5.74) is 1.61. The first kappa shape index (κ1) is 21.1. The highest BCUT2D eigenvalue weighted by atomic mass is 16.5. The number of benzene rings is 1. The van der Waals surface area contributed by atoms with Gasteiger partial charge in [0.25, 0.3) is 5.91 Å². The zero-order chi connectivity index (χ0) is 22.0. The number of hydrogen-bond donors (Lipinski definition) is 2. The summed E-state index contributed by atoms with van der Waals surface area (Å²) in [6.07, 6.45) is 0. The van der Waals surface area contributed by atoms with Crippen molar-refractivity contribution in [1.82, 2.24) is 19.4 Å². The van der Waals surface area contributed by atoms with Gasteiger partial charge in [-0.2, -0.15) is 0 Å². The fourth-order valence-electron chi connectivity index (χ4n) is 3.61. The highest BCUT2D eigenvalue weighted by Gasteiger charge is 2.25. The van der Waals surface area contributed by atoms with E-state index in [1.54, 1.807) is 56.7 Å². The summed E-state index contributed by atoms with van der Waals surface area (Å²) in [5.74, 6) is -0.848. The van der Waals surface area contributed by atoms with Gasteiger partial charge in [-0.05, 0) is 38.5 Å². The number of nitrogens with zero attached hydrogens (tertiary/aromatic N) is 2. The number of carbonyl (C=O) groups excluding carboxylic acids is 2. The molecule has 9 nitrogen and oxygen atoms in total. The third-order valence-electron chi connectivity index (χ3n) is 5.13. The standard InChI is InChI=1S/C21H24N4O5/c1-5-30-21(29)17-12(2)16(13(3)24(17)4)18(26)22-10-11-25-15-9-7-6-8-14(15)23-19(27)20(25)28/h6-9H,5,10-11H2,1-4H3,(H,22,26)(H,23,27). The van der Waals surface area contributed by atoms with Crippen LogP contribution in [0.1, 0.15) is 39.0 Å². The number of fused-ring (bicyclic) bond motifs is 1. The molecule has 0 aliphatic rings. The Bertz CT molecular complexity index is 1250. The van der Waals surface area contributed by atoms with Crippen LogP contribution in [0.3, 0.4) is 0 Å². The summed E-state index contributed by atoms with van der Waals surface area (Å²) in [4.78, 5) is 51.7. The molecule has 1 amide bonds. The quantitative estimate of drug-likeness (QED) is 0.467. The predicted octanol–water partition coefficient (Wildman–Crippen LogP) is 1.25. The maximum absolute atomic E-state index is 12.8. The second-order valence-corrected chi connectivity index (χ2v) is 6.90. The molecule has 2 N–H and O–H groups in total. The van der Waals surface area contributed by atoms with E-state index >= 15 is 0 Å². The van der Waals surface area contributed by atoms with Crippen molar-refractivity contribution in [3.8, 4) is 0 Å². The Kier molecular flexibility index (Phi) is 5.91. The van der Waals surface area contributed by atoms with Gasteiger partial charge in [-0.25, -0.2) is 4.79 Å². The summed E-state index contributed by atoms with van der Waals surface area (Å²) in [7, 11) is 1.70. The van der Waals surface area contributed by atoms with Gasteiger partial charge >= 0.3 is 17.1 Å². The fraction of sp³-hybridized carbons (Fsp3) is 0.333. The second-order valence-electron chi connectivity index (χ2n) is 6.90. The summed E-state index contributed by atoms with van der Waals surface area (Å²) >= 11 is 0. The lowest BCUT2D eigenvalue weighted by Gasteiger charge is -2.11. The summed E-state index contributed by atoms with van der Waals surface area (Å²) < 4.78 is 8.05. The van der Waals surface area contributed by atoms with E-state index in [0.717, 1.165) is 0 Å². The van der Waals surface area contributed by atoms with Crippen molar-refractivity contribution in [3.05, 3.63) is 67.5 Å². The van der Waals surface area contributed by atoms with Gasteiger partial charge in [-0.1, -0.05) is 12.1 Å². The first-order valence-electron chi connectivity index (χ1n) is 9.61. The van der Waals surface area contributed by atoms with Crippen molar-refractivity contribution in [2.24, 2.45) is 7.05 Å². The van der Waals surface area contributed by atoms with Crippen LogP contribution in [0.15, 0.2) is 33.9 Å². The number of ether oxygens (including phenoxy) is 1. The van der Waals surface area contributed by atoms with Gasteiger partial charge in [0.2, 0.25) is 0 Å². The summed E-state index contributed by atoms with van der Waals surface area (Å²) in [6.45, 7) is 5.67. The van der Waals surface area contributed by atoms with E-state index in [2.05, 4.69) is 10.3 Å². The molecule has 0 radical (unpaired) electrons. The minimum absolute atomic E-state index is 0.130. The van der Waals surface area contributed by atoms with Crippen molar-refractivity contribution < 1.29 is 14.3 Å². The number of H-pyrrole nitrogens is 1. The second kappa shape index (κ2) is 8.40. The molecular weight excluding hydrogens is 388 g/mol. The Balaban J connectivity index is 1.83. The van der Waals surface area contributed by atoms with Gasteiger partial charge in [0, 0.05) is 25.8 Å². The number of rotatable bonds is 6. The number of nitrogens with one attached hydrogen (secondary N) is 2. The predicted molar refractivity (Wildman–Crippen MR) is 112 cm³/mol. The molecule has 0 aliphatic carbocycles. The number of aromatic amines is 1. The lowest BCUT2D eigenvalue weighted by Crippen LogP contribution is -2.39. The van der Waals surface area contributed by atoms with Crippen LogP contribution < -0.4 is 16.4 Å². The average molecular weight is 412 g/mol. The van der Waals surface area contributed by atoms with Crippen molar-refractivity contribution >= 4 is 22.9 Å². The summed E-state index contributed by atoms with van der Waals surface area (Å²) in [5, 5.41) is 2.78. The van der Waals surface area contributed by atoms with Gasteiger partial charge in [0.1, 0.15) is 5.69 Å². The number of hydrogen-bond acceptors (Lipinski definition) is 5. The van der Waals surface area contributed by atoms with Crippen LogP contribution in [-0.2, 0) is 18.3 Å². The van der Waals surface area contributed by atoms with E-state index < -0.39 is 17.1 Å². The lowest BCUT2D eigenvalue weighted by atomic mass is 10.1. The lowest BCUT2D eigenvalue weighted by molar-refractivity contribution is 0.0514. The van der Waals surface area contributed by atoms with Crippen LogP contribution >= 0.6 is 0 Å². The molecule has 2 aromatic heterocycles. The Hall–Kier alpha value is -3.62. The molecule has 158 valence electrons. The van der Waals surface area contributed by atoms with Crippen LogP contribution in [0.2, 0.25) is 0 Å². The first-order valence-corrected chi connectivity index (χ1v) is 9.61. The molecular formula is C21H24N4O5. The molecule has 3 aromatic rings. The SMILES string of the molecule is CCOC(=O)c1c(C)c(C(=O)NCCn2c(=O)c(=O)[nH]c3ccccc32)c(C)n1C. The molecule has 0 saturated carbocycles. The molecule has 2 heterocycles. The highest BCUT2D eigenvalue weighted by molar-refractivity contribution is 6.01. The molecule has 0 unspecified atom stereocenters. The molecule has 0 bridgehead atoms. The topological polar surface area (TPSA) is 115 Å². The number of esters is 1. The average Bonchev–Trinajstić information content (AvgIpc) is 2.93. The Labute approximate surface area is 172 Å². The largest absolute Gasteiger partial charge is 0.461 e. The molecule has 0 spiro atoms. The number of carbonyl (C=O) groups is 2.